The van der Waals surface area contributed by atoms with Crippen LogP contribution in [0.25, 0.3) is 0 Å². The topological polar surface area (TPSA) is 12.0 Å². The molecule has 1 rings (SSSR count). The largest absolute Gasteiger partial charge is 0.316 e. The molecule has 0 amide bonds. The van der Waals surface area contributed by atoms with Gasteiger partial charge in [0.05, 0.1) is 0 Å². The minimum absolute atomic E-state index is 1.16. The van der Waals surface area contributed by atoms with Crippen LogP contribution in [0.5, 0.6) is 0 Å². The average Bonchev–Trinajstić information content (AvgIpc) is 2.08. The molecule has 1 N–H and O–H groups in total. The molecule has 0 radical (unpaired) electrons. The van der Waals surface area contributed by atoms with Crippen molar-refractivity contribution < 1.29 is 0 Å². The number of allylic oxidation sites excluding steroid dienone is 1. The lowest BCUT2D eigenvalue weighted by Crippen LogP contribution is -2.15. The maximum Gasteiger partial charge on any atom is -0.00143 e. The molecule has 0 spiro atoms. The number of hydrogen-bond donors (Lipinski definition) is 1. The van der Waals surface area contributed by atoms with Crippen LogP contribution < -0.4 is 5.32 Å². The molecule has 0 aromatic rings. The average molecular weight is 153 g/mol. The van der Waals surface area contributed by atoms with E-state index in [2.05, 4.69) is 17.5 Å². The quantitative estimate of drug-likeness (QED) is 0.527. The summed E-state index contributed by atoms with van der Waals surface area (Å²) >= 11 is 0. The normalized spacial score (nSPS) is 22.5. The highest BCUT2D eigenvalue weighted by molar-refractivity contribution is 4.82. The van der Waals surface area contributed by atoms with Crippen LogP contribution in [0, 0.1) is 0 Å². The van der Waals surface area contributed by atoms with Gasteiger partial charge < -0.3 is 5.32 Å². The van der Waals surface area contributed by atoms with Gasteiger partial charge >= 0.3 is 0 Å². The summed E-state index contributed by atoms with van der Waals surface area (Å²) in [5.74, 6) is 0. The van der Waals surface area contributed by atoms with Crippen LogP contribution in [-0.4, -0.2) is 13.1 Å². The summed E-state index contributed by atoms with van der Waals surface area (Å²) in [4.78, 5) is 0. The first-order chi connectivity index (χ1) is 5.50. The molecule has 11 heavy (non-hydrogen) atoms. The Morgan fingerprint density at radius 2 is 1.55 bits per heavy atom. The van der Waals surface area contributed by atoms with Crippen molar-refractivity contribution in [2.45, 2.75) is 38.5 Å². The molecule has 0 aromatic carbocycles. The van der Waals surface area contributed by atoms with E-state index >= 15 is 0 Å². The number of nitrogens with one attached hydrogen (secondary N) is 1. The van der Waals surface area contributed by atoms with E-state index in [1.165, 1.54) is 45.1 Å². The van der Waals surface area contributed by atoms with Crippen molar-refractivity contribution in [2.24, 2.45) is 0 Å². The van der Waals surface area contributed by atoms with E-state index in [1.807, 2.05) is 0 Å². The molecule has 0 unspecified atom stereocenters. The highest BCUT2D eigenvalue weighted by Gasteiger charge is 1.91. The zero-order valence-electron chi connectivity index (χ0n) is 7.31. The first-order valence-corrected chi connectivity index (χ1v) is 4.86. The summed E-state index contributed by atoms with van der Waals surface area (Å²) in [7, 11) is 0. The summed E-state index contributed by atoms with van der Waals surface area (Å²) in [6.45, 7) is 2.38. The van der Waals surface area contributed by atoms with Crippen LogP contribution in [-0.2, 0) is 0 Å². The van der Waals surface area contributed by atoms with Crippen LogP contribution in [0.15, 0.2) is 12.2 Å². The second-order valence-corrected chi connectivity index (χ2v) is 3.21. The molecule has 1 nitrogen and oxygen atoms in total. The van der Waals surface area contributed by atoms with E-state index in [0.717, 1.165) is 6.54 Å². The minimum atomic E-state index is 1.16. The highest BCUT2D eigenvalue weighted by atomic mass is 14.8. The summed E-state index contributed by atoms with van der Waals surface area (Å²) < 4.78 is 0. The van der Waals surface area contributed by atoms with Crippen molar-refractivity contribution in [2.75, 3.05) is 13.1 Å². The number of rotatable bonds is 0. The van der Waals surface area contributed by atoms with Crippen molar-refractivity contribution in [1.29, 1.82) is 0 Å². The number of hydrogen-bond acceptors (Lipinski definition) is 1. The second kappa shape index (κ2) is 6.41. The maximum atomic E-state index is 3.43. The van der Waals surface area contributed by atoms with E-state index < -0.39 is 0 Å². The Labute approximate surface area is 69.9 Å². The van der Waals surface area contributed by atoms with Crippen molar-refractivity contribution in [1.82, 2.24) is 5.32 Å². The molecule has 0 aliphatic carbocycles. The Morgan fingerprint density at radius 3 is 2.55 bits per heavy atom. The van der Waals surface area contributed by atoms with Gasteiger partial charge in [-0.2, -0.15) is 0 Å². The first-order valence-electron chi connectivity index (χ1n) is 4.86. The second-order valence-electron chi connectivity index (χ2n) is 3.21. The van der Waals surface area contributed by atoms with Crippen molar-refractivity contribution in [3.63, 3.8) is 0 Å². The lowest BCUT2D eigenvalue weighted by Gasteiger charge is -2.00. The SMILES string of the molecule is C1=CCCNCCCCCC1. The molecule has 64 valence electrons. The monoisotopic (exact) mass is 153 g/mol. The Morgan fingerprint density at radius 1 is 0.727 bits per heavy atom. The summed E-state index contributed by atoms with van der Waals surface area (Å²) in [6, 6.07) is 0. The van der Waals surface area contributed by atoms with Crippen molar-refractivity contribution >= 4 is 0 Å². The first kappa shape index (κ1) is 8.79. The van der Waals surface area contributed by atoms with Gasteiger partial charge in [0.25, 0.3) is 0 Å². The summed E-state index contributed by atoms with van der Waals surface area (Å²) in [6.07, 6.45) is 12.7. The maximum absolute atomic E-state index is 3.43. The molecule has 1 aliphatic heterocycles. The van der Waals surface area contributed by atoms with Gasteiger partial charge in [-0.25, -0.2) is 0 Å². The molecular formula is C10H19N. The molecule has 1 aliphatic rings. The fourth-order valence-electron chi connectivity index (χ4n) is 1.41. The molecule has 0 bridgehead atoms. The predicted molar refractivity (Wildman–Crippen MR) is 49.7 cm³/mol. The smallest absolute Gasteiger partial charge is 0.00143 e. The van der Waals surface area contributed by atoms with Crippen LogP contribution in [0.3, 0.4) is 0 Å². The van der Waals surface area contributed by atoms with E-state index in [0.29, 0.717) is 0 Å². The molecule has 0 atom stereocenters. The van der Waals surface area contributed by atoms with Crippen LogP contribution >= 0.6 is 0 Å². The van der Waals surface area contributed by atoms with Gasteiger partial charge in [0.1, 0.15) is 0 Å². The van der Waals surface area contributed by atoms with Crippen molar-refractivity contribution in [3.8, 4) is 0 Å². The fourth-order valence-corrected chi connectivity index (χ4v) is 1.41. The minimum Gasteiger partial charge on any atom is -0.316 e. The third kappa shape index (κ3) is 5.02. The van der Waals surface area contributed by atoms with Gasteiger partial charge in [-0.05, 0) is 38.8 Å². The molecule has 1 heteroatoms. The van der Waals surface area contributed by atoms with Gasteiger partial charge in [-0.3, -0.25) is 0 Å². The van der Waals surface area contributed by atoms with Gasteiger partial charge in [-0.15, -0.1) is 0 Å². The third-order valence-electron chi connectivity index (χ3n) is 2.13. The molecule has 0 saturated carbocycles. The Bertz CT molecular complexity index is 95.4. The van der Waals surface area contributed by atoms with E-state index in [4.69, 9.17) is 0 Å². The molecular weight excluding hydrogens is 134 g/mol. The summed E-state index contributed by atoms with van der Waals surface area (Å²) in [5.41, 5.74) is 0. The van der Waals surface area contributed by atoms with Crippen LogP contribution in [0.4, 0.5) is 0 Å². The fraction of sp³-hybridized carbons (Fsp3) is 0.800. The van der Waals surface area contributed by atoms with Crippen LogP contribution in [0.1, 0.15) is 38.5 Å². The van der Waals surface area contributed by atoms with E-state index in [9.17, 15) is 0 Å². The van der Waals surface area contributed by atoms with E-state index in [1.54, 1.807) is 0 Å². The predicted octanol–water partition coefficient (Wildman–Crippen LogP) is 2.49. The van der Waals surface area contributed by atoms with Crippen molar-refractivity contribution in [3.05, 3.63) is 12.2 Å². The molecule has 0 fully saturated rings. The third-order valence-corrected chi connectivity index (χ3v) is 2.13. The van der Waals surface area contributed by atoms with Gasteiger partial charge in [0.15, 0.2) is 0 Å². The summed E-state index contributed by atoms with van der Waals surface area (Å²) in [5, 5.41) is 3.43. The zero-order chi connectivity index (χ0) is 7.78. The molecule has 0 aromatic heterocycles. The Hall–Kier alpha value is -0.300. The van der Waals surface area contributed by atoms with E-state index in [-0.39, 0.29) is 0 Å². The standard InChI is InChI=1S/C10H19N/c1-2-4-6-8-10-11-9-7-5-3-1/h3,5,11H,1-2,4,6-10H2. The van der Waals surface area contributed by atoms with Gasteiger partial charge in [0.2, 0.25) is 0 Å². The van der Waals surface area contributed by atoms with Crippen LogP contribution in [0.2, 0.25) is 0 Å². The molecule has 0 saturated heterocycles. The highest BCUT2D eigenvalue weighted by Crippen LogP contribution is 2.04. The van der Waals surface area contributed by atoms with Gasteiger partial charge in [0, 0.05) is 0 Å². The zero-order valence-corrected chi connectivity index (χ0v) is 7.31. The van der Waals surface area contributed by atoms with Gasteiger partial charge in [-0.1, -0.05) is 25.0 Å². The molecule has 1 heterocycles. The lowest BCUT2D eigenvalue weighted by atomic mass is 10.1. The Balaban J connectivity index is 2.11. The Kier molecular flexibility index (Phi) is 5.13. The lowest BCUT2D eigenvalue weighted by molar-refractivity contribution is 0.598.